The number of ether oxygens (including phenoxy) is 1. The second-order valence-corrected chi connectivity index (χ2v) is 6.72. The highest BCUT2D eigenvalue weighted by Gasteiger charge is 2.28. The lowest BCUT2D eigenvalue weighted by Crippen LogP contribution is -2.46. The Hall–Kier alpha value is -0.520. The van der Waals surface area contributed by atoms with Crippen LogP contribution in [0.25, 0.3) is 0 Å². The van der Waals surface area contributed by atoms with Gasteiger partial charge in [-0.25, -0.2) is 0 Å². The van der Waals surface area contributed by atoms with Crippen LogP contribution in [0.5, 0.6) is 0 Å². The van der Waals surface area contributed by atoms with Gasteiger partial charge in [0.15, 0.2) is 0 Å². The van der Waals surface area contributed by atoms with Crippen molar-refractivity contribution >= 4 is 29.1 Å². The van der Waals surface area contributed by atoms with Gasteiger partial charge in [0.1, 0.15) is 5.54 Å². The minimum absolute atomic E-state index is 0.295. The first kappa shape index (κ1) is 15.5. The molecule has 0 aliphatic rings. The summed E-state index contributed by atoms with van der Waals surface area (Å²) in [4.78, 5) is 11.6. The Bertz CT molecular complexity index is 350. The number of carbonyl (C=O) groups is 1. The normalized spacial score (nSPS) is 14.2. The Labute approximate surface area is 117 Å². The van der Waals surface area contributed by atoms with Gasteiger partial charge in [0, 0.05) is 0 Å². The first-order chi connectivity index (χ1) is 8.56. The monoisotopic (exact) mass is 287 g/mol. The maximum Gasteiger partial charge on any atom is 0.325 e. The van der Waals surface area contributed by atoms with E-state index in [1.54, 1.807) is 25.2 Å². The number of rotatable bonds is 8. The van der Waals surface area contributed by atoms with Gasteiger partial charge < -0.3 is 10.5 Å². The van der Waals surface area contributed by atoms with Crippen molar-refractivity contribution in [2.75, 3.05) is 12.4 Å². The number of thiophene rings is 1. The second-order valence-electron chi connectivity index (χ2n) is 4.38. The molecule has 1 aromatic heterocycles. The SMILES string of the molecule is CCOC(=O)C(C)(N)CCCCSc1cccs1. The number of nitrogens with two attached hydrogens (primary N) is 1. The van der Waals surface area contributed by atoms with Crippen LogP contribution in [0.3, 0.4) is 0 Å². The predicted octanol–water partition coefficient (Wildman–Crippen LogP) is 3.29. The molecule has 0 fully saturated rings. The van der Waals surface area contributed by atoms with E-state index >= 15 is 0 Å². The standard InChI is InChI=1S/C13H21NO2S2/c1-3-16-12(15)13(2,14)8-4-5-9-17-11-7-6-10-18-11/h6-7,10H,3-5,8-9,14H2,1-2H3. The average molecular weight is 287 g/mol. The van der Waals surface area contributed by atoms with Crippen molar-refractivity contribution in [2.45, 2.75) is 42.9 Å². The molecule has 1 atom stereocenters. The van der Waals surface area contributed by atoms with E-state index in [0.29, 0.717) is 13.0 Å². The van der Waals surface area contributed by atoms with Gasteiger partial charge in [-0.2, -0.15) is 0 Å². The van der Waals surface area contributed by atoms with Crippen LogP contribution in [-0.2, 0) is 9.53 Å². The molecule has 0 radical (unpaired) electrons. The molecule has 2 N–H and O–H groups in total. The largest absolute Gasteiger partial charge is 0.465 e. The maximum absolute atomic E-state index is 11.6. The zero-order valence-electron chi connectivity index (χ0n) is 11.0. The lowest BCUT2D eigenvalue weighted by Gasteiger charge is -2.21. The molecule has 0 saturated carbocycles. The third kappa shape index (κ3) is 5.42. The highest BCUT2D eigenvalue weighted by Crippen LogP contribution is 2.25. The fourth-order valence-corrected chi connectivity index (χ4v) is 3.37. The van der Waals surface area contributed by atoms with Gasteiger partial charge in [-0.15, -0.1) is 23.1 Å². The van der Waals surface area contributed by atoms with Gasteiger partial charge in [0.05, 0.1) is 10.8 Å². The first-order valence-corrected chi connectivity index (χ1v) is 8.05. The summed E-state index contributed by atoms with van der Waals surface area (Å²) < 4.78 is 6.30. The first-order valence-electron chi connectivity index (χ1n) is 6.18. The number of thioether (sulfide) groups is 1. The van der Waals surface area contributed by atoms with E-state index in [-0.39, 0.29) is 5.97 Å². The van der Waals surface area contributed by atoms with Crippen LogP contribution < -0.4 is 5.73 Å². The maximum atomic E-state index is 11.6. The Morgan fingerprint density at radius 2 is 2.33 bits per heavy atom. The molecule has 0 aliphatic heterocycles. The molecule has 0 bridgehead atoms. The van der Waals surface area contributed by atoms with Crippen LogP contribution in [0.15, 0.2) is 21.7 Å². The smallest absolute Gasteiger partial charge is 0.325 e. The number of hydrogen-bond acceptors (Lipinski definition) is 5. The number of hydrogen-bond donors (Lipinski definition) is 1. The molecule has 1 aromatic rings. The summed E-state index contributed by atoms with van der Waals surface area (Å²) in [5.74, 6) is 0.773. The van der Waals surface area contributed by atoms with Crippen molar-refractivity contribution < 1.29 is 9.53 Å². The van der Waals surface area contributed by atoms with Gasteiger partial charge in [0.25, 0.3) is 0 Å². The van der Waals surface area contributed by atoms with Crippen LogP contribution in [0.4, 0.5) is 0 Å². The van der Waals surface area contributed by atoms with Crippen LogP contribution in [0, 0.1) is 0 Å². The molecule has 0 aliphatic carbocycles. The minimum Gasteiger partial charge on any atom is -0.465 e. The zero-order valence-corrected chi connectivity index (χ0v) is 12.6. The molecular weight excluding hydrogens is 266 g/mol. The van der Waals surface area contributed by atoms with Gasteiger partial charge in [-0.05, 0) is 43.9 Å². The summed E-state index contributed by atoms with van der Waals surface area (Å²) in [6.45, 7) is 3.93. The molecule has 0 spiro atoms. The Balaban J connectivity index is 2.14. The van der Waals surface area contributed by atoms with Crippen LogP contribution in [0.1, 0.15) is 33.1 Å². The molecule has 1 rings (SSSR count). The summed E-state index contributed by atoms with van der Waals surface area (Å²) in [7, 11) is 0. The van der Waals surface area contributed by atoms with E-state index in [1.807, 2.05) is 11.8 Å². The van der Waals surface area contributed by atoms with E-state index in [0.717, 1.165) is 18.6 Å². The number of unbranched alkanes of at least 4 members (excludes halogenated alkanes) is 1. The minimum atomic E-state index is -0.844. The fourth-order valence-electron chi connectivity index (χ4n) is 1.51. The van der Waals surface area contributed by atoms with E-state index in [9.17, 15) is 4.79 Å². The molecule has 0 amide bonds. The molecule has 0 saturated heterocycles. The van der Waals surface area contributed by atoms with Crippen molar-refractivity contribution in [3.63, 3.8) is 0 Å². The summed E-state index contributed by atoms with van der Waals surface area (Å²) in [6, 6.07) is 4.19. The summed E-state index contributed by atoms with van der Waals surface area (Å²) in [6.07, 6.45) is 2.69. The van der Waals surface area contributed by atoms with Crippen molar-refractivity contribution in [3.8, 4) is 0 Å². The quantitative estimate of drug-likeness (QED) is 0.453. The lowest BCUT2D eigenvalue weighted by atomic mass is 9.96. The van der Waals surface area contributed by atoms with Crippen molar-refractivity contribution in [1.82, 2.24) is 0 Å². The summed E-state index contributed by atoms with van der Waals surface area (Å²) >= 11 is 3.62. The van der Waals surface area contributed by atoms with Crippen molar-refractivity contribution in [1.29, 1.82) is 0 Å². The van der Waals surface area contributed by atoms with E-state index in [2.05, 4.69) is 17.5 Å². The van der Waals surface area contributed by atoms with Crippen LogP contribution in [0.2, 0.25) is 0 Å². The van der Waals surface area contributed by atoms with Crippen LogP contribution >= 0.6 is 23.1 Å². The summed E-state index contributed by atoms with van der Waals surface area (Å²) in [5.41, 5.74) is 5.10. The second kappa shape index (κ2) is 7.81. The topological polar surface area (TPSA) is 52.3 Å². The molecule has 1 unspecified atom stereocenters. The number of esters is 1. The Kier molecular flexibility index (Phi) is 6.75. The molecule has 1 heterocycles. The molecule has 18 heavy (non-hydrogen) atoms. The van der Waals surface area contributed by atoms with Gasteiger partial charge in [-0.3, -0.25) is 4.79 Å². The van der Waals surface area contributed by atoms with Gasteiger partial charge in [0.2, 0.25) is 0 Å². The highest BCUT2D eigenvalue weighted by molar-refractivity contribution is 8.01. The predicted molar refractivity (Wildman–Crippen MR) is 78.1 cm³/mol. The highest BCUT2D eigenvalue weighted by atomic mass is 32.2. The molecule has 102 valence electrons. The molecular formula is C13H21NO2S2. The molecule has 3 nitrogen and oxygen atoms in total. The van der Waals surface area contributed by atoms with E-state index < -0.39 is 5.54 Å². The third-order valence-electron chi connectivity index (χ3n) is 2.57. The van der Waals surface area contributed by atoms with E-state index in [1.165, 1.54) is 4.21 Å². The number of carbonyl (C=O) groups excluding carboxylic acids is 1. The van der Waals surface area contributed by atoms with Crippen LogP contribution in [-0.4, -0.2) is 23.9 Å². The van der Waals surface area contributed by atoms with Gasteiger partial charge >= 0.3 is 5.97 Å². The third-order valence-corrected chi connectivity index (χ3v) is 4.79. The Morgan fingerprint density at radius 3 is 2.94 bits per heavy atom. The van der Waals surface area contributed by atoms with E-state index in [4.69, 9.17) is 10.5 Å². The fraction of sp³-hybridized carbons (Fsp3) is 0.615. The molecule has 0 aromatic carbocycles. The average Bonchev–Trinajstić information content (AvgIpc) is 2.82. The Morgan fingerprint density at radius 1 is 1.56 bits per heavy atom. The zero-order chi connectivity index (χ0) is 13.4. The lowest BCUT2D eigenvalue weighted by molar-refractivity contribution is -0.149. The van der Waals surface area contributed by atoms with Crippen molar-refractivity contribution in [2.24, 2.45) is 5.73 Å². The summed E-state index contributed by atoms with van der Waals surface area (Å²) in [5, 5.41) is 2.08. The van der Waals surface area contributed by atoms with Crippen molar-refractivity contribution in [3.05, 3.63) is 17.5 Å². The van der Waals surface area contributed by atoms with Gasteiger partial charge in [-0.1, -0.05) is 12.5 Å². The molecule has 5 heteroatoms.